The van der Waals surface area contributed by atoms with Crippen molar-refractivity contribution in [2.24, 2.45) is 0 Å². The minimum atomic E-state index is -0.0736. The molecule has 0 bridgehead atoms. The van der Waals surface area contributed by atoms with Gasteiger partial charge in [-0.3, -0.25) is 9.55 Å². The topological polar surface area (TPSA) is 66.2 Å². The molecule has 1 saturated heterocycles. The van der Waals surface area contributed by atoms with Gasteiger partial charge in [0.15, 0.2) is 10.2 Å². The van der Waals surface area contributed by atoms with Crippen molar-refractivity contribution in [1.82, 2.24) is 24.8 Å². The van der Waals surface area contributed by atoms with Gasteiger partial charge < -0.3 is 15.3 Å². The number of aliphatic hydroxyl groups excluding tert-OH is 1. The maximum atomic E-state index is 9.59. The van der Waals surface area contributed by atoms with Crippen LogP contribution in [0.15, 0.2) is 42.0 Å². The van der Waals surface area contributed by atoms with Crippen molar-refractivity contribution >= 4 is 28.7 Å². The fourth-order valence-electron chi connectivity index (χ4n) is 3.80. The molecule has 0 radical (unpaired) electrons. The van der Waals surface area contributed by atoms with Crippen LogP contribution in [-0.4, -0.2) is 42.8 Å². The highest BCUT2D eigenvalue weighted by Gasteiger charge is 2.41. The van der Waals surface area contributed by atoms with Gasteiger partial charge in [-0.1, -0.05) is 6.07 Å². The van der Waals surface area contributed by atoms with Crippen molar-refractivity contribution in [3.05, 3.63) is 64.7 Å². The Balaban J connectivity index is 1.83. The number of nitrogens with one attached hydrogen (secondary N) is 1. The summed E-state index contributed by atoms with van der Waals surface area (Å²) >= 11 is 7.19. The summed E-state index contributed by atoms with van der Waals surface area (Å²) in [6.07, 6.45) is 3.62. The number of rotatable bonds is 5. The lowest BCUT2D eigenvalue weighted by Crippen LogP contribution is -2.32. The lowest BCUT2D eigenvalue weighted by molar-refractivity contribution is 0.223. The van der Waals surface area contributed by atoms with Crippen molar-refractivity contribution in [1.29, 1.82) is 0 Å². The predicted octanol–water partition coefficient (Wildman–Crippen LogP) is 2.91. The molecule has 1 fully saturated rings. The fourth-order valence-corrected chi connectivity index (χ4v) is 4.88. The quantitative estimate of drug-likeness (QED) is 0.643. The Morgan fingerprint density at radius 2 is 2.11 bits per heavy atom. The van der Waals surface area contributed by atoms with Crippen LogP contribution in [-0.2, 0) is 0 Å². The molecule has 0 aromatic carbocycles. The predicted molar refractivity (Wildman–Crippen MR) is 110 cm³/mol. The van der Waals surface area contributed by atoms with E-state index in [9.17, 15) is 5.11 Å². The summed E-state index contributed by atoms with van der Waals surface area (Å²) in [7, 11) is 0. The minimum Gasteiger partial charge on any atom is -0.395 e. The largest absolute Gasteiger partial charge is 0.395 e. The van der Waals surface area contributed by atoms with E-state index >= 15 is 0 Å². The van der Waals surface area contributed by atoms with E-state index in [2.05, 4.69) is 44.7 Å². The summed E-state index contributed by atoms with van der Waals surface area (Å²) in [6.45, 7) is 4.71. The van der Waals surface area contributed by atoms with Crippen molar-refractivity contribution in [3.63, 3.8) is 0 Å². The average molecular weight is 400 g/mol. The number of pyridine rings is 1. The SMILES string of the molecule is Cc1cc([C@H]2[C@H](c3ccccn3)NC(=S)N2CCO)c(C)n1-c1nccs1. The van der Waals surface area contributed by atoms with E-state index in [1.165, 1.54) is 5.56 Å². The third-order valence-electron chi connectivity index (χ3n) is 4.94. The number of nitrogens with zero attached hydrogens (tertiary/aromatic N) is 4. The molecular formula is C19H21N5OS2. The number of aryl methyl sites for hydroxylation is 1. The highest BCUT2D eigenvalue weighted by atomic mass is 32.1. The molecule has 140 valence electrons. The summed E-state index contributed by atoms with van der Waals surface area (Å²) in [5.74, 6) is 0. The first-order valence-corrected chi connectivity index (χ1v) is 10.1. The summed E-state index contributed by atoms with van der Waals surface area (Å²) in [5, 5.41) is 16.6. The molecule has 0 unspecified atom stereocenters. The van der Waals surface area contributed by atoms with Gasteiger partial charge in [0.2, 0.25) is 0 Å². The highest BCUT2D eigenvalue weighted by molar-refractivity contribution is 7.80. The molecule has 3 aromatic heterocycles. The zero-order valence-electron chi connectivity index (χ0n) is 15.2. The van der Waals surface area contributed by atoms with Gasteiger partial charge in [0.25, 0.3) is 0 Å². The first kappa shape index (κ1) is 18.1. The Morgan fingerprint density at radius 3 is 2.78 bits per heavy atom. The Morgan fingerprint density at radius 1 is 1.26 bits per heavy atom. The van der Waals surface area contributed by atoms with Crippen LogP contribution in [0.5, 0.6) is 0 Å². The minimum absolute atomic E-state index is 0.0402. The second kappa shape index (κ2) is 7.38. The van der Waals surface area contributed by atoms with E-state index < -0.39 is 0 Å². The number of thiocarbonyl (C=S) groups is 1. The van der Waals surface area contributed by atoms with Gasteiger partial charge >= 0.3 is 0 Å². The van der Waals surface area contributed by atoms with Crippen LogP contribution in [0.3, 0.4) is 0 Å². The highest BCUT2D eigenvalue weighted by Crippen LogP contribution is 2.41. The molecule has 8 heteroatoms. The Hall–Kier alpha value is -2.29. The maximum absolute atomic E-state index is 9.59. The summed E-state index contributed by atoms with van der Waals surface area (Å²) in [5.41, 5.74) is 4.35. The lowest BCUT2D eigenvalue weighted by Gasteiger charge is -2.27. The molecule has 1 aliphatic heterocycles. The van der Waals surface area contributed by atoms with E-state index in [0.717, 1.165) is 22.2 Å². The van der Waals surface area contributed by atoms with Crippen molar-refractivity contribution in [3.8, 4) is 5.13 Å². The molecule has 27 heavy (non-hydrogen) atoms. The number of hydrogen-bond acceptors (Lipinski definition) is 5. The smallest absolute Gasteiger partial charge is 0.193 e. The third kappa shape index (κ3) is 3.13. The van der Waals surface area contributed by atoms with E-state index in [-0.39, 0.29) is 18.7 Å². The molecular weight excluding hydrogens is 378 g/mol. The van der Waals surface area contributed by atoms with Crippen LogP contribution in [0.2, 0.25) is 0 Å². The Bertz CT molecular complexity index is 939. The van der Waals surface area contributed by atoms with E-state index in [1.54, 1.807) is 17.5 Å². The van der Waals surface area contributed by atoms with Gasteiger partial charge in [0, 0.05) is 35.7 Å². The van der Waals surface area contributed by atoms with Gasteiger partial charge in [-0.2, -0.15) is 0 Å². The molecule has 0 aliphatic carbocycles. The van der Waals surface area contributed by atoms with Crippen LogP contribution in [0.1, 0.15) is 34.7 Å². The second-order valence-electron chi connectivity index (χ2n) is 6.52. The second-order valence-corrected chi connectivity index (χ2v) is 7.78. The molecule has 0 saturated carbocycles. The number of thiazole rings is 1. The molecule has 2 atom stereocenters. The molecule has 4 heterocycles. The van der Waals surface area contributed by atoms with Gasteiger partial charge in [-0.25, -0.2) is 4.98 Å². The molecule has 6 nitrogen and oxygen atoms in total. The van der Waals surface area contributed by atoms with Gasteiger partial charge in [0.05, 0.1) is 24.4 Å². The number of aliphatic hydroxyl groups is 1. The first-order valence-electron chi connectivity index (χ1n) is 8.79. The van der Waals surface area contributed by atoms with Crippen LogP contribution in [0.4, 0.5) is 0 Å². The van der Waals surface area contributed by atoms with Crippen molar-refractivity contribution < 1.29 is 5.11 Å². The van der Waals surface area contributed by atoms with Gasteiger partial charge in [0.1, 0.15) is 0 Å². The van der Waals surface area contributed by atoms with E-state index in [0.29, 0.717) is 11.7 Å². The Kier molecular flexibility index (Phi) is 4.94. The maximum Gasteiger partial charge on any atom is 0.193 e. The summed E-state index contributed by atoms with van der Waals surface area (Å²) in [6, 6.07) is 7.98. The molecule has 2 N–H and O–H groups in total. The molecule has 4 rings (SSSR count). The zero-order valence-corrected chi connectivity index (χ0v) is 16.8. The van der Waals surface area contributed by atoms with Crippen LogP contribution in [0, 0.1) is 13.8 Å². The Labute approximate surface area is 167 Å². The fraction of sp³-hybridized carbons (Fsp3) is 0.316. The lowest BCUT2D eigenvalue weighted by atomic mass is 9.97. The monoisotopic (exact) mass is 399 g/mol. The van der Waals surface area contributed by atoms with Crippen molar-refractivity contribution in [2.45, 2.75) is 25.9 Å². The van der Waals surface area contributed by atoms with Crippen molar-refractivity contribution in [2.75, 3.05) is 13.2 Å². The van der Waals surface area contributed by atoms with Gasteiger partial charge in [-0.15, -0.1) is 11.3 Å². The summed E-state index contributed by atoms with van der Waals surface area (Å²) < 4.78 is 2.17. The van der Waals surface area contributed by atoms with Crippen LogP contribution >= 0.6 is 23.6 Å². The van der Waals surface area contributed by atoms with E-state index in [4.69, 9.17) is 12.2 Å². The van der Waals surface area contributed by atoms with E-state index in [1.807, 2.05) is 29.8 Å². The molecule has 1 aliphatic rings. The normalized spacial score (nSPS) is 19.5. The average Bonchev–Trinajstić information content (AvgIpc) is 3.36. The number of β-amino-alcohol motifs (C(OH)–C–C–N with tert-alkyl or cyclic N) is 1. The molecule has 3 aromatic rings. The van der Waals surface area contributed by atoms with Gasteiger partial charge in [-0.05, 0) is 49.8 Å². The molecule has 0 amide bonds. The summed E-state index contributed by atoms with van der Waals surface area (Å²) in [4.78, 5) is 11.1. The third-order valence-corrected chi connectivity index (χ3v) is 6.05. The number of hydrogen-bond donors (Lipinski definition) is 2. The molecule has 0 spiro atoms. The standard InChI is InChI=1S/C19H21N5OS2/c1-12-11-14(13(2)24(12)19-21-7-10-27-19)17-16(15-5-3-4-6-20-15)22-18(26)23(17)8-9-25/h3-7,10-11,16-17,25H,8-9H2,1-2H3,(H,22,26)/t16-,17-/m0/s1. The number of aromatic nitrogens is 3. The van der Waals surface area contributed by atoms with Crippen LogP contribution < -0.4 is 5.32 Å². The first-order chi connectivity index (χ1) is 13.1. The van der Waals surface area contributed by atoms with Crippen LogP contribution in [0.25, 0.3) is 5.13 Å². The zero-order chi connectivity index (χ0) is 19.0.